The molecule has 0 fully saturated rings. The second-order valence-corrected chi connectivity index (χ2v) is 5.66. The summed E-state index contributed by atoms with van der Waals surface area (Å²) in [5.41, 5.74) is 7.75. The molecule has 6 heteroatoms. The normalized spacial score (nSPS) is 10.3. The summed E-state index contributed by atoms with van der Waals surface area (Å²) in [4.78, 5) is 20.7. The van der Waals surface area contributed by atoms with Gasteiger partial charge >= 0.3 is 0 Å². The van der Waals surface area contributed by atoms with Gasteiger partial charge in [0.1, 0.15) is 17.5 Å². The summed E-state index contributed by atoms with van der Waals surface area (Å²) in [7, 11) is 0. The zero-order valence-corrected chi connectivity index (χ0v) is 13.9. The maximum atomic E-state index is 13.2. The highest BCUT2D eigenvalue weighted by atomic mass is 19.1. The van der Waals surface area contributed by atoms with E-state index < -0.39 is 0 Å². The van der Waals surface area contributed by atoms with Gasteiger partial charge in [-0.15, -0.1) is 0 Å². The SMILES string of the molecule is C=C(C(=O)c1ccc(NCc2cccc(F)c2)nc1)c1cccnc1N. The Labute approximate surface area is 150 Å². The Balaban J connectivity index is 1.68. The highest BCUT2D eigenvalue weighted by Crippen LogP contribution is 2.22. The summed E-state index contributed by atoms with van der Waals surface area (Å²) in [5.74, 6) is 0.282. The second kappa shape index (κ2) is 7.57. The number of pyridine rings is 2. The summed E-state index contributed by atoms with van der Waals surface area (Å²) in [5, 5.41) is 3.08. The summed E-state index contributed by atoms with van der Waals surface area (Å²) >= 11 is 0. The van der Waals surface area contributed by atoms with Crippen molar-refractivity contribution >= 4 is 23.0 Å². The molecule has 3 N–H and O–H groups in total. The third-order valence-corrected chi connectivity index (χ3v) is 3.83. The van der Waals surface area contributed by atoms with Crippen LogP contribution in [0, 0.1) is 5.82 Å². The summed E-state index contributed by atoms with van der Waals surface area (Å²) in [6.45, 7) is 4.25. The molecule has 3 rings (SSSR count). The van der Waals surface area contributed by atoms with E-state index in [1.165, 1.54) is 18.3 Å². The van der Waals surface area contributed by atoms with Crippen LogP contribution in [0.3, 0.4) is 0 Å². The smallest absolute Gasteiger partial charge is 0.194 e. The van der Waals surface area contributed by atoms with Crippen LogP contribution in [0.4, 0.5) is 16.0 Å². The molecule has 26 heavy (non-hydrogen) atoms. The van der Waals surface area contributed by atoms with E-state index in [9.17, 15) is 9.18 Å². The van der Waals surface area contributed by atoms with Gasteiger partial charge < -0.3 is 11.1 Å². The zero-order chi connectivity index (χ0) is 18.5. The van der Waals surface area contributed by atoms with Crippen molar-refractivity contribution < 1.29 is 9.18 Å². The summed E-state index contributed by atoms with van der Waals surface area (Å²) in [6, 6.07) is 13.0. The minimum atomic E-state index is -0.286. The van der Waals surface area contributed by atoms with Crippen LogP contribution in [0.1, 0.15) is 21.5 Å². The molecule has 0 radical (unpaired) electrons. The summed E-state index contributed by atoms with van der Waals surface area (Å²) < 4.78 is 13.2. The molecule has 0 aliphatic heterocycles. The molecule has 130 valence electrons. The molecular formula is C20H17FN4O. The molecular weight excluding hydrogens is 331 g/mol. The maximum absolute atomic E-state index is 13.2. The van der Waals surface area contributed by atoms with Crippen molar-refractivity contribution in [2.24, 2.45) is 0 Å². The van der Waals surface area contributed by atoms with Crippen molar-refractivity contribution in [3.8, 4) is 0 Å². The Kier molecular flexibility index (Phi) is 5.03. The van der Waals surface area contributed by atoms with Crippen molar-refractivity contribution in [1.29, 1.82) is 0 Å². The number of nitrogen functional groups attached to an aromatic ring is 1. The van der Waals surface area contributed by atoms with Gasteiger partial charge in [-0.05, 0) is 42.0 Å². The molecule has 0 saturated heterocycles. The van der Waals surface area contributed by atoms with Crippen LogP contribution < -0.4 is 11.1 Å². The Morgan fingerprint density at radius 1 is 1.15 bits per heavy atom. The van der Waals surface area contributed by atoms with E-state index >= 15 is 0 Å². The number of hydrogen-bond donors (Lipinski definition) is 2. The van der Waals surface area contributed by atoms with Gasteiger partial charge in [0.05, 0.1) is 0 Å². The topological polar surface area (TPSA) is 80.9 Å². The number of nitrogens with zero attached hydrogens (tertiary/aromatic N) is 2. The van der Waals surface area contributed by atoms with E-state index in [1.54, 1.807) is 36.5 Å². The Bertz CT molecular complexity index is 954. The lowest BCUT2D eigenvalue weighted by Gasteiger charge is -2.09. The van der Waals surface area contributed by atoms with E-state index in [0.717, 1.165) is 5.56 Å². The number of carbonyl (C=O) groups excluding carboxylic acids is 1. The number of carbonyl (C=O) groups is 1. The van der Waals surface area contributed by atoms with Gasteiger partial charge in [-0.3, -0.25) is 4.79 Å². The molecule has 3 aromatic rings. The first-order valence-corrected chi connectivity index (χ1v) is 7.93. The molecule has 0 saturated carbocycles. The van der Waals surface area contributed by atoms with E-state index in [0.29, 0.717) is 23.5 Å². The molecule has 0 atom stereocenters. The fourth-order valence-electron chi connectivity index (χ4n) is 2.44. The van der Waals surface area contributed by atoms with Crippen molar-refractivity contribution in [1.82, 2.24) is 9.97 Å². The number of hydrogen-bond acceptors (Lipinski definition) is 5. The zero-order valence-electron chi connectivity index (χ0n) is 13.9. The second-order valence-electron chi connectivity index (χ2n) is 5.66. The average molecular weight is 348 g/mol. The predicted octanol–water partition coefficient (Wildman–Crippen LogP) is 3.71. The monoisotopic (exact) mass is 348 g/mol. The average Bonchev–Trinajstić information content (AvgIpc) is 2.66. The van der Waals surface area contributed by atoms with Crippen LogP contribution in [0.5, 0.6) is 0 Å². The number of halogens is 1. The minimum Gasteiger partial charge on any atom is -0.383 e. The number of aromatic nitrogens is 2. The number of nitrogens with one attached hydrogen (secondary N) is 1. The van der Waals surface area contributed by atoms with Crippen LogP contribution in [0.25, 0.3) is 5.57 Å². The third-order valence-electron chi connectivity index (χ3n) is 3.83. The first kappa shape index (κ1) is 17.3. The van der Waals surface area contributed by atoms with Crippen LogP contribution in [0.15, 0.2) is 67.5 Å². The van der Waals surface area contributed by atoms with Crippen molar-refractivity contribution in [3.63, 3.8) is 0 Å². The first-order chi connectivity index (χ1) is 12.5. The summed E-state index contributed by atoms with van der Waals surface area (Å²) in [6.07, 6.45) is 3.02. The molecule has 2 aromatic heterocycles. The van der Waals surface area contributed by atoms with E-state index in [2.05, 4.69) is 21.9 Å². The molecule has 0 amide bonds. The predicted molar refractivity (Wildman–Crippen MR) is 100.0 cm³/mol. The van der Waals surface area contributed by atoms with Crippen molar-refractivity contribution in [3.05, 3.63) is 90.0 Å². The van der Waals surface area contributed by atoms with Crippen molar-refractivity contribution in [2.75, 3.05) is 11.1 Å². The van der Waals surface area contributed by atoms with Gasteiger partial charge in [0, 0.05) is 35.6 Å². The minimum absolute atomic E-state index is 0.257. The lowest BCUT2D eigenvalue weighted by molar-refractivity contribution is 0.105. The Hall–Kier alpha value is -3.54. The first-order valence-electron chi connectivity index (χ1n) is 7.93. The van der Waals surface area contributed by atoms with Crippen LogP contribution in [-0.2, 0) is 6.54 Å². The van der Waals surface area contributed by atoms with Crippen molar-refractivity contribution in [2.45, 2.75) is 6.54 Å². The molecule has 0 aliphatic carbocycles. The number of nitrogens with two attached hydrogens (primary N) is 1. The standard InChI is InChI=1S/C20H17FN4O/c1-13(17-6-3-9-23-20(17)22)19(26)15-7-8-18(25-12-15)24-11-14-4-2-5-16(21)10-14/h2-10,12H,1,11H2,(H2,22,23)(H,24,25). The lowest BCUT2D eigenvalue weighted by Crippen LogP contribution is -2.07. The van der Waals surface area contributed by atoms with Gasteiger partial charge in [0.25, 0.3) is 0 Å². The number of allylic oxidation sites excluding steroid dienone is 1. The van der Waals surface area contributed by atoms with E-state index in [-0.39, 0.29) is 23.0 Å². The fraction of sp³-hybridized carbons (Fsp3) is 0.0500. The third kappa shape index (κ3) is 3.92. The van der Waals surface area contributed by atoms with Gasteiger partial charge in [-0.25, -0.2) is 14.4 Å². The van der Waals surface area contributed by atoms with Gasteiger partial charge in [-0.1, -0.05) is 18.7 Å². The maximum Gasteiger partial charge on any atom is 0.194 e. The van der Waals surface area contributed by atoms with Gasteiger partial charge in [0.2, 0.25) is 0 Å². The van der Waals surface area contributed by atoms with Crippen LogP contribution >= 0.6 is 0 Å². The quantitative estimate of drug-likeness (QED) is 0.524. The number of rotatable bonds is 6. The Morgan fingerprint density at radius 2 is 2.00 bits per heavy atom. The molecule has 1 aromatic carbocycles. The Morgan fingerprint density at radius 3 is 2.69 bits per heavy atom. The van der Waals surface area contributed by atoms with E-state index in [1.807, 2.05) is 6.07 Å². The largest absolute Gasteiger partial charge is 0.383 e. The lowest BCUT2D eigenvalue weighted by atomic mass is 10.00. The number of benzene rings is 1. The number of anilines is 2. The number of Topliss-reactive ketones (excluding diaryl/α,β-unsaturated/α-hetero) is 1. The molecule has 2 heterocycles. The van der Waals surface area contributed by atoms with Gasteiger partial charge in [-0.2, -0.15) is 0 Å². The highest BCUT2D eigenvalue weighted by Gasteiger charge is 2.15. The van der Waals surface area contributed by atoms with E-state index in [4.69, 9.17) is 5.73 Å². The molecule has 5 nitrogen and oxygen atoms in total. The highest BCUT2D eigenvalue weighted by molar-refractivity contribution is 6.29. The van der Waals surface area contributed by atoms with Crippen LogP contribution in [-0.4, -0.2) is 15.8 Å². The molecule has 0 bridgehead atoms. The van der Waals surface area contributed by atoms with Gasteiger partial charge in [0.15, 0.2) is 5.78 Å². The number of ketones is 1. The molecule has 0 spiro atoms. The van der Waals surface area contributed by atoms with Crippen LogP contribution in [0.2, 0.25) is 0 Å². The molecule has 0 aliphatic rings. The fourth-order valence-corrected chi connectivity index (χ4v) is 2.44. The molecule has 0 unspecified atom stereocenters.